The smallest absolute Gasteiger partial charge is 0.306 e. The van der Waals surface area contributed by atoms with E-state index in [0.29, 0.717) is 6.42 Å². The van der Waals surface area contributed by atoms with Crippen LogP contribution in [0.4, 0.5) is 0 Å². The molecule has 2 rings (SSSR count). The highest BCUT2D eigenvalue weighted by Crippen LogP contribution is 2.45. The lowest BCUT2D eigenvalue weighted by Gasteiger charge is -2.34. The maximum atomic E-state index is 11.7. The second kappa shape index (κ2) is 10.0. The number of carbonyl (C=O) groups excluding carboxylic acids is 1. The fourth-order valence-electron chi connectivity index (χ4n) is 4.57. The zero-order valence-corrected chi connectivity index (χ0v) is 18.1. The Balaban J connectivity index is 2.07. The van der Waals surface area contributed by atoms with E-state index in [1.54, 1.807) is 0 Å². The Morgan fingerprint density at radius 2 is 1.92 bits per heavy atom. The largest absolute Gasteiger partial charge is 0.462 e. The van der Waals surface area contributed by atoms with Crippen molar-refractivity contribution in [3.8, 4) is 0 Å². The average molecular weight is 383 g/mol. The Kier molecular flexibility index (Phi) is 8.36. The molecule has 0 amide bonds. The fraction of sp³-hybridized carbons (Fsp3) is 0.857. The molecule has 5 heteroatoms. The van der Waals surface area contributed by atoms with Crippen molar-refractivity contribution in [1.29, 1.82) is 0 Å². The summed E-state index contributed by atoms with van der Waals surface area (Å²) in [5, 5.41) is 10.3. The molecule has 0 spiro atoms. The molecular weight excluding hydrogens is 344 g/mol. The van der Waals surface area contributed by atoms with Crippen LogP contribution in [0.15, 0.2) is 12.2 Å². The minimum absolute atomic E-state index is 0.00310. The standard InChI is InChI=1S/C21H38O4Si/c1-5-9-10-11-16(22)12-13-17-18-14-21(23)24-19(18)15-20(17)25-26(6-2,7-3)8-4/h12-13,16-20,22H,5-11,14-15H2,1-4H3/b13-12+/t16-,17-,18+,19-,20+/m1/s1. The van der Waals surface area contributed by atoms with E-state index in [9.17, 15) is 9.90 Å². The van der Waals surface area contributed by atoms with Crippen LogP contribution in [0.25, 0.3) is 0 Å². The Hall–Kier alpha value is -0.653. The molecule has 4 nitrogen and oxygen atoms in total. The summed E-state index contributed by atoms with van der Waals surface area (Å²) in [7, 11) is -1.71. The summed E-state index contributed by atoms with van der Waals surface area (Å²) in [4.78, 5) is 11.7. The highest BCUT2D eigenvalue weighted by Gasteiger charge is 2.51. The Labute approximate surface area is 160 Å². The molecule has 1 aliphatic heterocycles. The van der Waals surface area contributed by atoms with Crippen LogP contribution in [-0.2, 0) is 14.0 Å². The van der Waals surface area contributed by atoms with Gasteiger partial charge in [0, 0.05) is 18.3 Å². The number of unbranched alkanes of at least 4 members (excludes halogenated alkanes) is 2. The second-order valence-corrected chi connectivity index (χ2v) is 12.8. The lowest BCUT2D eigenvalue weighted by molar-refractivity contribution is -0.141. The van der Waals surface area contributed by atoms with Gasteiger partial charge in [0.15, 0.2) is 8.32 Å². The molecule has 1 N–H and O–H groups in total. The molecular formula is C21H38O4Si. The molecule has 0 unspecified atom stereocenters. The molecule has 150 valence electrons. The second-order valence-electron chi connectivity index (χ2n) is 8.06. The van der Waals surface area contributed by atoms with Gasteiger partial charge in [0.2, 0.25) is 0 Å². The monoisotopic (exact) mass is 382 g/mol. The van der Waals surface area contributed by atoms with Crippen LogP contribution < -0.4 is 0 Å². The van der Waals surface area contributed by atoms with Crippen LogP contribution in [0.5, 0.6) is 0 Å². The van der Waals surface area contributed by atoms with E-state index in [0.717, 1.165) is 50.2 Å². The molecule has 0 radical (unpaired) electrons. The molecule has 2 aliphatic rings. The van der Waals surface area contributed by atoms with Gasteiger partial charge in [-0.25, -0.2) is 0 Å². The lowest BCUT2D eigenvalue weighted by atomic mass is 9.91. The number of fused-ring (bicyclic) bond motifs is 1. The molecule has 1 heterocycles. The van der Waals surface area contributed by atoms with E-state index < -0.39 is 14.4 Å². The third kappa shape index (κ3) is 5.20. The zero-order valence-electron chi connectivity index (χ0n) is 17.1. The summed E-state index contributed by atoms with van der Waals surface area (Å²) in [6.45, 7) is 8.91. The van der Waals surface area contributed by atoms with Crippen molar-refractivity contribution in [3.63, 3.8) is 0 Å². The van der Waals surface area contributed by atoms with Crippen molar-refractivity contribution >= 4 is 14.3 Å². The predicted octanol–water partition coefficient (Wildman–Crippen LogP) is 4.83. The molecule has 0 aromatic heterocycles. The number of rotatable bonds is 11. The lowest BCUT2D eigenvalue weighted by Crippen LogP contribution is -2.41. The zero-order chi connectivity index (χ0) is 19.2. The molecule has 0 aromatic rings. The Morgan fingerprint density at radius 3 is 2.54 bits per heavy atom. The van der Waals surface area contributed by atoms with Crippen LogP contribution in [0.2, 0.25) is 18.1 Å². The van der Waals surface area contributed by atoms with Gasteiger partial charge in [0.1, 0.15) is 6.10 Å². The van der Waals surface area contributed by atoms with Gasteiger partial charge >= 0.3 is 5.97 Å². The van der Waals surface area contributed by atoms with Gasteiger partial charge in [-0.2, -0.15) is 0 Å². The highest BCUT2D eigenvalue weighted by molar-refractivity contribution is 6.73. The summed E-state index contributed by atoms with van der Waals surface area (Å²) in [6, 6.07) is 3.38. The summed E-state index contributed by atoms with van der Waals surface area (Å²) in [5.74, 6) is 0.318. The average Bonchev–Trinajstić information content (AvgIpc) is 3.13. The van der Waals surface area contributed by atoms with Crippen molar-refractivity contribution in [2.45, 2.75) is 103 Å². The van der Waals surface area contributed by atoms with Crippen molar-refractivity contribution in [2.24, 2.45) is 11.8 Å². The van der Waals surface area contributed by atoms with Crippen LogP contribution in [0.3, 0.4) is 0 Å². The first-order chi connectivity index (χ1) is 12.5. The van der Waals surface area contributed by atoms with Crippen molar-refractivity contribution in [3.05, 3.63) is 12.2 Å². The number of esters is 1. The quantitative estimate of drug-likeness (QED) is 0.241. The van der Waals surface area contributed by atoms with Crippen LogP contribution in [0.1, 0.15) is 66.2 Å². The fourth-order valence-corrected chi connectivity index (χ4v) is 7.46. The van der Waals surface area contributed by atoms with E-state index in [-0.39, 0.29) is 30.0 Å². The minimum atomic E-state index is -1.71. The van der Waals surface area contributed by atoms with Gasteiger partial charge in [0.25, 0.3) is 0 Å². The minimum Gasteiger partial charge on any atom is -0.462 e. The summed E-state index contributed by atoms with van der Waals surface area (Å²) in [6.07, 6.45) is 9.28. The van der Waals surface area contributed by atoms with Gasteiger partial charge in [-0.3, -0.25) is 4.79 Å². The van der Waals surface area contributed by atoms with Crippen molar-refractivity contribution < 1.29 is 19.1 Å². The number of hydrogen-bond donors (Lipinski definition) is 1. The number of aliphatic hydroxyl groups excluding tert-OH is 1. The van der Waals surface area contributed by atoms with E-state index in [2.05, 4.69) is 33.8 Å². The summed E-state index contributed by atoms with van der Waals surface area (Å²) >= 11 is 0. The van der Waals surface area contributed by atoms with Crippen LogP contribution in [-0.4, -0.2) is 37.7 Å². The molecule has 26 heavy (non-hydrogen) atoms. The molecule has 0 aromatic carbocycles. The SMILES string of the molecule is CCCCC[C@@H](O)/C=C/[C@@H]1[C@@H]2CC(=O)O[C@@H]2C[C@@H]1O[Si](CC)(CC)CC. The first-order valence-electron chi connectivity index (χ1n) is 10.7. The van der Waals surface area contributed by atoms with Gasteiger partial charge < -0.3 is 14.3 Å². The Morgan fingerprint density at radius 1 is 1.23 bits per heavy atom. The van der Waals surface area contributed by atoms with E-state index in [4.69, 9.17) is 9.16 Å². The maximum absolute atomic E-state index is 11.7. The Bertz CT molecular complexity index is 466. The third-order valence-electron chi connectivity index (χ3n) is 6.54. The molecule has 0 bridgehead atoms. The topological polar surface area (TPSA) is 55.8 Å². The van der Waals surface area contributed by atoms with Crippen molar-refractivity contribution in [1.82, 2.24) is 0 Å². The predicted molar refractivity (Wildman–Crippen MR) is 107 cm³/mol. The maximum Gasteiger partial charge on any atom is 0.306 e. The van der Waals surface area contributed by atoms with Gasteiger partial charge in [-0.1, -0.05) is 59.1 Å². The van der Waals surface area contributed by atoms with Crippen molar-refractivity contribution in [2.75, 3.05) is 0 Å². The first-order valence-corrected chi connectivity index (χ1v) is 13.2. The van der Waals surface area contributed by atoms with Gasteiger partial charge in [-0.05, 0) is 24.6 Å². The number of hydrogen-bond acceptors (Lipinski definition) is 4. The molecule has 1 saturated carbocycles. The molecule has 2 fully saturated rings. The number of aliphatic hydroxyl groups is 1. The summed E-state index contributed by atoms with van der Waals surface area (Å²) in [5.41, 5.74) is 0. The van der Waals surface area contributed by atoms with E-state index >= 15 is 0 Å². The molecule has 5 atom stereocenters. The number of carbonyl (C=O) groups is 1. The van der Waals surface area contributed by atoms with E-state index in [1.165, 1.54) is 0 Å². The van der Waals surface area contributed by atoms with Crippen LogP contribution >= 0.6 is 0 Å². The highest BCUT2D eigenvalue weighted by atomic mass is 28.4. The summed E-state index contributed by atoms with van der Waals surface area (Å²) < 4.78 is 12.3. The molecule has 1 aliphatic carbocycles. The molecule has 1 saturated heterocycles. The van der Waals surface area contributed by atoms with Crippen LogP contribution in [0, 0.1) is 11.8 Å². The first kappa shape index (κ1) is 21.6. The normalized spacial score (nSPS) is 30.0. The van der Waals surface area contributed by atoms with E-state index in [1.807, 2.05) is 6.08 Å². The van der Waals surface area contributed by atoms with Gasteiger partial charge in [0.05, 0.1) is 18.6 Å². The van der Waals surface area contributed by atoms with Gasteiger partial charge in [-0.15, -0.1) is 0 Å². The number of ether oxygens (including phenoxy) is 1. The third-order valence-corrected chi connectivity index (χ3v) is 11.2.